The third-order valence-electron chi connectivity index (χ3n) is 1.99. The zero-order valence-corrected chi connectivity index (χ0v) is 8.10. The molecule has 0 unspecified atom stereocenters. The Hall–Kier alpha value is -0.120. The molecule has 0 aromatic carbocycles. The van der Waals surface area contributed by atoms with E-state index in [2.05, 4.69) is 24.5 Å². The summed E-state index contributed by atoms with van der Waals surface area (Å²) in [5.41, 5.74) is 0. The van der Waals surface area contributed by atoms with Crippen LogP contribution in [0.3, 0.4) is 0 Å². The van der Waals surface area contributed by atoms with Crippen molar-refractivity contribution in [2.24, 2.45) is 0 Å². The Morgan fingerprint density at radius 1 is 1.50 bits per heavy atom. The Labute approximate surface area is 74.9 Å². The van der Waals surface area contributed by atoms with Gasteiger partial charge in [-0.1, -0.05) is 0 Å². The summed E-state index contributed by atoms with van der Waals surface area (Å²) in [4.78, 5) is 0. The predicted molar refractivity (Wildman–Crippen MR) is 50.4 cm³/mol. The van der Waals surface area contributed by atoms with E-state index in [1.807, 2.05) is 0 Å². The maximum atomic E-state index is 5.42. The molecule has 1 aliphatic heterocycles. The van der Waals surface area contributed by atoms with Crippen molar-refractivity contribution in [3.8, 4) is 0 Å². The molecular weight excluding hydrogens is 152 g/mol. The number of ether oxygens (including phenoxy) is 1. The summed E-state index contributed by atoms with van der Waals surface area (Å²) < 4.78 is 5.42. The van der Waals surface area contributed by atoms with Crippen molar-refractivity contribution in [2.45, 2.75) is 32.4 Å². The van der Waals surface area contributed by atoms with E-state index >= 15 is 0 Å². The van der Waals surface area contributed by atoms with Crippen LogP contribution in [0.5, 0.6) is 0 Å². The third-order valence-corrected chi connectivity index (χ3v) is 1.99. The van der Waals surface area contributed by atoms with Gasteiger partial charge >= 0.3 is 0 Å². The minimum absolute atomic E-state index is 0.371. The summed E-state index contributed by atoms with van der Waals surface area (Å²) in [5, 5.41) is 6.68. The lowest BCUT2D eigenvalue weighted by Gasteiger charge is -2.28. The highest BCUT2D eigenvalue weighted by Gasteiger charge is 2.14. The van der Waals surface area contributed by atoms with Crippen LogP contribution in [-0.2, 0) is 4.74 Å². The van der Waals surface area contributed by atoms with Crippen molar-refractivity contribution in [2.75, 3.05) is 26.2 Å². The Kier molecular flexibility index (Phi) is 4.58. The molecule has 0 aromatic heterocycles. The van der Waals surface area contributed by atoms with Crippen LogP contribution in [0.1, 0.15) is 20.3 Å². The van der Waals surface area contributed by atoms with Crippen LogP contribution in [0.15, 0.2) is 0 Å². The van der Waals surface area contributed by atoms with Gasteiger partial charge in [0.15, 0.2) is 0 Å². The van der Waals surface area contributed by atoms with Gasteiger partial charge in [0.2, 0.25) is 0 Å². The summed E-state index contributed by atoms with van der Waals surface area (Å²) in [7, 11) is 0. The fourth-order valence-corrected chi connectivity index (χ4v) is 1.13. The summed E-state index contributed by atoms with van der Waals surface area (Å²) in [5.74, 6) is 0. The molecule has 0 aromatic rings. The third kappa shape index (κ3) is 4.04. The minimum Gasteiger partial charge on any atom is -0.379 e. The highest BCUT2D eigenvalue weighted by Crippen LogP contribution is 1.92. The largest absolute Gasteiger partial charge is 0.379 e. The summed E-state index contributed by atoms with van der Waals surface area (Å²) >= 11 is 0. The Balaban J connectivity index is 1.76. The van der Waals surface area contributed by atoms with Gasteiger partial charge in [-0.3, -0.25) is 0 Å². The first-order valence-corrected chi connectivity index (χ1v) is 4.84. The van der Waals surface area contributed by atoms with Gasteiger partial charge in [-0.15, -0.1) is 0 Å². The highest BCUT2D eigenvalue weighted by molar-refractivity contribution is 4.80. The molecule has 0 spiro atoms. The van der Waals surface area contributed by atoms with Gasteiger partial charge < -0.3 is 15.4 Å². The molecule has 3 nitrogen and oxygen atoms in total. The Bertz CT molecular complexity index is 113. The maximum Gasteiger partial charge on any atom is 0.0518 e. The number of rotatable bonds is 6. The highest BCUT2D eigenvalue weighted by atomic mass is 16.5. The van der Waals surface area contributed by atoms with Crippen LogP contribution >= 0.6 is 0 Å². The van der Waals surface area contributed by atoms with Crippen molar-refractivity contribution in [3.63, 3.8) is 0 Å². The fraction of sp³-hybridized carbons (Fsp3) is 1.00. The van der Waals surface area contributed by atoms with Crippen molar-refractivity contribution in [1.82, 2.24) is 10.6 Å². The van der Waals surface area contributed by atoms with Crippen molar-refractivity contribution < 1.29 is 4.74 Å². The molecule has 1 aliphatic rings. The molecule has 72 valence electrons. The molecular formula is C9H20N2O. The van der Waals surface area contributed by atoms with E-state index in [4.69, 9.17) is 4.74 Å². The van der Waals surface area contributed by atoms with Crippen LogP contribution < -0.4 is 10.6 Å². The minimum atomic E-state index is 0.371. The lowest BCUT2D eigenvalue weighted by molar-refractivity contribution is 0.0764. The first-order valence-electron chi connectivity index (χ1n) is 4.84. The van der Waals surface area contributed by atoms with E-state index in [0.29, 0.717) is 12.1 Å². The van der Waals surface area contributed by atoms with Gasteiger partial charge in [0.05, 0.1) is 6.10 Å². The predicted octanol–water partition coefficient (Wildman–Crippen LogP) is 0.363. The molecule has 1 heterocycles. The molecule has 0 bridgehead atoms. The molecule has 2 N–H and O–H groups in total. The van der Waals surface area contributed by atoms with Gasteiger partial charge in [0, 0.05) is 25.7 Å². The lowest BCUT2D eigenvalue weighted by atomic mass is 10.2. The van der Waals surface area contributed by atoms with Gasteiger partial charge in [-0.2, -0.15) is 0 Å². The van der Waals surface area contributed by atoms with Crippen LogP contribution in [0, 0.1) is 0 Å². The van der Waals surface area contributed by atoms with Crippen LogP contribution in [0.4, 0.5) is 0 Å². The standard InChI is InChI=1S/C9H20N2O/c1-8(2)12-5-3-4-11-9-6-10-7-9/h8-11H,3-7H2,1-2H3. The Morgan fingerprint density at radius 3 is 2.75 bits per heavy atom. The van der Waals surface area contributed by atoms with Gasteiger partial charge in [0.25, 0.3) is 0 Å². The van der Waals surface area contributed by atoms with Crippen molar-refractivity contribution in [3.05, 3.63) is 0 Å². The summed E-state index contributed by atoms with van der Waals surface area (Å²) in [6.45, 7) is 8.37. The van der Waals surface area contributed by atoms with E-state index in [1.165, 1.54) is 0 Å². The van der Waals surface area contributed by atoms with E-state index in [-0.39, 0.29) is 0 Å². The smallest absolute Gasteiger partial charge is 0.0518 e. The molecule has 12 heavy (non-hydrogen) atoms. The summed E-state index contributed by atoms with van der Waals surface area (Å²) in [6, 6.07) is 0.712. The average Bonchev–Trinajstić information content (AvgIpc) is 1.92. The number of hydrogen-bond donors (Lipinski definition) is 2. The second-order valence-electron chi connectivity index (χ2n) is 3.58. The second-order valence-corrected chi connectivity index (χ2v) is 3.58. The first kappa shape index (κ1) is 9.96. The van der Waals surface area contributed by atoms with E-state index < -0.39 is 0 Å². The number of nitrogens with one attached hydrogen (secondary N) is 2. The quantitative estimate of drug-likeness (QED) is 0.568. The van der Waals surface area contributed by atoms with Crippen molar-refractivity contribution >= 4 is 0 Å². The van der Waals surface area contributed by atoms with Crippen LogP contribution in [0.2, 0.25) is 0 Å². The Morgan fingerprint density at radius 2 is 2.25 bits per heavy atom. The van der Waals surface area contributed by atoms with Gasteiger partial charge in [-0.25, -0.2) is 0 Å². The SMILES string of the molecule is CC(C)OCCCNC1CNC1. The molecule has 0 amide bonds. The molecule has 0 aliphatic carbocycles. The van der Waals surface area contributed by atoms with Gasteiger partial charge in [-0.05, 0) is 26.8 Å². The van der Waals surface area contributed by atoms with Crippen molar-refractivity contribution in [1.29, 1.82) is 0 Å². The van der Waals surface area contributed by atoms with E-state index in [9.17, 15) is 0 Å². The second kappa shape index (κ2) is 5.51. The molecule has 1 fully saturated rings. The molecule has 0 atom stereocenters. The monoisotopic (exact) mass is 172 g/mol. The van der Waals surface area contributed by atoms with E-state index in [1.54, 1.807) is 0 Å². The molecule has 1 saturated heterocycles. The normalized spacial score (nSPS) is 18.2. The maximum absolute atomic E-state index is 5.42. The van der Waals surface area contributed by atoms with Crippen LogP contribution in [0.25, 0.3) is 0 Å². The van der Waals surface area contributed by atoms with Gasteiger partial charge in [0.1, 0.15) is 0 Å². The fourth-order valence-electron chi connectivity index (χ4n) is 1.13. The summed E-state index contributed by atoms with van der Waals surface area (Å²) in [6.07, 6.45) is 1.49. The zero-order chi connectivity index (χ0) is 8.81. The van der Waals surface area contributed by atoms with E-state index in [0.717, 1.165) is 32.7 Å². The molecule has 0 saturated carbocycles. The number of hydrogen-bond acceptors (Lipinski definition) is 3. The molecule has 0 radical (unpaired) electrons. The lowest BCUT2D eigenvalue weighted by Crippen LogP contribution is -2.55. The first-order chi connectivity index (χ1) is 5.79. The molecule has 3 heteroatoms. The molecule has 1 rings (SSSR count). The zero-order valence-electron chi connectivity index (χ0n) is 8.10. The topological polar surface area (TPSA) is 33.3 Å². The van der Waals surface area contributed by atoms with Crippen LogP contribution in [-0.4, -0.2) is 38.4 Å². The average molecular weight is 172 g/mol.